The second kappa shape index (κ2) is 5.42. The number of aryl methyl sites for hydroxylation is 2. The van der Waals surface area contributed by atoms with E-state index in [9.17, 15) is 8.42 Å². The van der Waals surface area contributed by atoms with E-state index in [2.05, 4.69) is 14.8 Å². The summed E-state index contributed by atoms with van der Waals surface area (Å²) >= 11 is 0. The summed E-state index contributed by atoms with van der Waals surface area (Å²) in [6.07, 6.45) is 2.59. The van der Waals surface area contributed by atoms with Crippen LogP contribution in [0.5, 0.6) is 0 Å². The zero-order valence-electron chi connectivity index (χ0n) is 12.3. The molecular formula is C15H16N4O2S. The van der Waals surface area contributed by atoms with Crippen LogP contribution in [-0.4, -0.2) is 23.0 Å². The molecule has 0 aliphatic carbocycles. The number of hydrogen-bond acceptors (Lipinski definition) is 4. The number of pyridine rings is 1. The van der Waals surface area contributed by atoms with Crippen LogP contribution in [0, 0.1) is 6.92 Å². The molecule has 1 aromatic carbocycles. The normalized spacial score (nSPS) is 11.7. The summed E-state index contributed by atoms with van der Waals surface area (Å²) in [4.78, 5) is 4.47. The molecule has 0 saturated heterocycles. The molecule has 114 valence electrons. The minimum absolute atomic E-state index is 0.225. The molecule has 0 radical (unpaired) electrons. The highest BCUT2D eigenvalue weighted by Gasteiger charge is 2.16. The van der Waals surface area contributed by atoms with Crippen molar-refractivity contribution in [2.75, 3.05) is 4.72 Å². The van der Waals surface area contributed by atoms with E-state index in [0.717, 1.165) is 12.0 Å². The molecule has 0 fully saturated rings. The van der Waals surface area contributed by atoms with Crippen LogP contribution in [0.25, 0.3) is 5.65 Å². The van der Waals surface area contributed by atoms with Gasteiger partial charge in [-0.25, -0.2) is 17.9 Å². The monoisotopic (exact) mass is 316 g/mol. The quantitative estimate of drug-likeness (QED) is 0.802. The molecule has 3 aromatic rings. The van der Waals surface area contributed by atoms with Crippen LogP contribution in [-0.2, 0) is 16.4 Å². The number of benzene rings is 1. The minimum atomic E-state index is -3.65. The Morgan fingerprint density at radius 2 is 1.91 bits per heavy atom. The standard InChI is InChI=1S/C15H16N4O2S/c1-3-12-6-8-13(9-7-12)22(20,21)18-14-5-4-10-19-15(14)16-11(2)17-19/h4-10,18H,3H2,1-2H3. The van der Waals surface area contributed by atoms with Crippen LogP contribution in [0.3, 0.4) is 0 Å². The lowest BCUT2D eigenvalue weighted by Gasteiger charge is -2.09. The van der Waals surface area contributed by atoms with Gasteiger partial charge in [0.05, 0.1) is 10.6 Å². The van der Waals surface area contributed by atoms with E-state index in [0.29, 0.717) is 17.2 Å². The average Bonchev–Trinajstić information content (AvgIpc) is 2.88. The van der Waals surface area contributed by atoms with Gasteiger partial charge < -0.3 is 0 Å². The molecule has 22 heavy (non-hydrogen) atoms. The van der Waals surface area contributed by atoms with Crippen LogP contribution in [0.15, 0.2) is 47.5 Å². The molecule has 2 aromatic heterocycles. The molecule has 0 saturated carbocycles. The summed E-state index contributed by atoms with van der Waals surface area (Å²) in [5, 5.41) is 4.17. The molecule has 1 N–H and O–H groups in total. The van der Waals surface area contributed by atoms with Crippen molar-refractivity contribution in [1.82, 2.24) is 14.6 Å². The van der Waals surface area contributed by atoms with E-state index in [-0.39, 0.29) is 4.90 Å². The van der Waals surface area contributed by atoms with Gasteiger partial charge >= 0.3 is 0 Å². The van der Waals surface area contributed by atoms with Crippen LogP contribution in [0.2, 0.25) is 0 Å². The van der Waals surface area contributed by atoms with Crippen LogP contribution < -0.4 is 4.72 Å². The van der Waals surface area contributed by atoms with Crippen molar-refractivity contribution in [3.8, 4) is 0 Å². The summed E-state index contributed by atoms with van der Waals surface area (Å²) < 4.78 is 29.1. The second-order valence-electron chi connectivity index (χ2n) is 4.95. The number of sulfonamides is 1. The predicted octanol–water partition coefficient (Wildman–Crippen LogP) is 2.40. The molecule has 0 amide bonds. The number of hydrogen-bond donors (Lipinski definition) is 1. The smallest absolute Gasteiger partial charge is 0.262 e. The first-order valence-corrected chi connectivity index (χ1v) is 8.41. The Hall–Kier alpha value is -2.41. The van der Waals surface area contributed by atoms with E-state index in [1.165, 1.54) is 0 Å². The third-order valence-corrected chi connectivity index (χ3v) is 4.74. The molecule has 6 nitrogen and oxygen atoms in total. The third-order valence-electron chi connectivity index (χ3n) is 3.35. The highest BCUT2D eigenvalue weighted by atomic mass is 32.2. The number of nitrogens with zero attached hydrogens (tertiary/aromatic N) is 3. The van der Waals surface area contributed by atoms with Crippen molar-refractivity contribution in [1.29, 1.82) is 0 Å². The average molecular weight is 316 g/mol. The SMILES string of the molecule is CCc1ccc(S(=O)(=O)Nc2cccn3nc(C)nc23)cc1. The lowest BCUT2D eigenvalue weighted by Crippen LogP contribution is -2.13. The number of fused-ring (bicyclic) bond motifs is 1. The fourth-order valence-corrected chi connectivity index (χ4v) is 3.26. The summed E-state index contributed by atoms with van der Waals surface area (Å²) in [6.45, 7) is 3.78. The van der Waals surface area contributed by atoms with Crippen LogP contribution in [0.1, 0.15) is 18.3 Å². The van der Waals surface area contributed by atoms with Gasteiger partial charge in [0, 0.05) is 6.20 Å². The van der Waals surface area contributed by atoms with Gasteiger partial charge in [-0.3, -0.25) is 4.72 Å². The van der Waals surface area contributed by atoms with Gasteiger partial charge in [0.15, 0.2) is 5.65 Å². The maximum atomic E-state index is 12.5. The van der Waals surface area contributed by atoms with Crippen LogP contribution >= 0.6 is 0 Å². The maximum absolute atomic E-state index is 12.5. The van der Waals surface area contributed by atoms with Crippen molar-refractivity contribution < 1.29 is 8.42 Å². The van der Waals surface area contributed by atoms with Crippen molar-refractivity contribution in [3.05, 3.63) is 54.0 Å². The molecule has 0 bridgehead atoms. The van der Waals surface area contributed by atoms with Gasteiger partial charge in [0.2, 0.25) is 0 Å². The Morgan fingerprint density at radius 1 is 1.18 bits per heavy atom. The number of rotatable bonds is 4. The summed E-state index contributed by atoms with van der Waals surface area (Å²) in [5.74, 6) is 0.582. The van der Waals surface area contributed by atoms with Crippen molar-refractivity contribution in [2.45, 2.75) is 25.2 Å². The summed E-state index contributed by atoms with van der Waals surface area (Å²) in [5.41, 5.74) is 1.98. The first-order chi connectivity index (χ1) is 10.5. The first kappa shape index (κ1) is 14.5. The van der Waals surface area contributed by atoms with Crippen molar-refractivity contribution in [3.63, 3.8) is 0 Å². The Bertz CT molecular complexity index is 914. The molecule has 0 unspecified atom stereocenters. The molecule has 7 heteroatoms. The first-order valence-electron chi connectivity index (χ1n) is 6.93. The highest BCUT2D eigenvalue weighted by molar-refractivity contribution is 7.92. The van der Waals surface area contributed by atoms with Crippen molar-refractivity contribution in [2.24, 2.45) is 0 Å². The zero-order chi connectivity index (χ0) is 15.7. The van der Waals surface area contributed by atoms with E-state index < -0.39 is 10.0 Å². The topological polar surface area (TPSA) is 76.4 Å². The molecule has 3 rings (SSSR count). The van der Waals surface area contributed by atoms with Crippen LogP contribution in [0.4, 0.5) is 5.69 Å². The molecule has 0 aliphatic rings. The van der Waals surface area contributed by atoms with Gasteiger partial charge in [0.1, 0.15) is 5.82 Å². The number of nitrogens with one attached hydrogen (secondary N) is 1. The Labute approximate surface area is 128 Å². The molecular weight excluding hydrogens is 300 g/mol. The lowest BCUT2D eigenvalue weighted by atomic mass is 10.2. The van der Waals surface area contributed by atoms with Crippen molar-refractivity contribution >= 4 is 21.4 Å². The largest absolute Gasteiger partial charge is 0.276 e. The molecule has 0 aliphatic heterocycles. The van der Waals surface area contributed by atoms with Gasteiger partial charge in [0.25, 0.3) is 10.0 Å². The van der Waals surface area contributed by atoms with E-state index >= 15 is 0 Å². The summed E-state index contributed by atoms with van der Waals surface area (Å²) in [6, 6.07) is 10.2. The third kappa shape index (κ3) is 2.67. The highest BCUT2D eigenvalue weighted by Crippen LogP contribution is 2.20. The molecule has 2 heterocycles. The second-order valence-corrected chi connectivity index (χ2v) is 6.63. The Morgan fingerprint density at radius 3 is 2.59 bits per heavy atom. The summed E-state index contributed by atoms with van der Waals surface area (Å²) in [7, 11) is -3.65. The lowest BCUT2D eigenvalue weighted by molar-refractivity contribution is 0.601. The maximum Gasteiger partial charge on any atom is 0.262 e. The van der Waals surface area contributed by atoms with Gasteiger partial charge in [-0.15, -0.1) is 0 Å². The minimum Gasteiger partial charge on any atom is -0.276 e. The Kier molecular flexibility index (Phi) is 3.58. The molecule has 0 spiro atoms. The predicted molar refractivity (Wildman–Crippen MR) is 84.4 cm³/mol. The number of aromatic nitrogens is 3. The van der Waals surface area contributed by atoms with Gasteiger partial charge in [-0.05, 0) is 43.2 Å². The van der Waals surface area contributed by atoms with E-state index in [1.54, 1.807) is 41.9 Å². The van der Waals surface area contributed by atoms with E-state index in [4.69, 9.17) is 0 Å². The number of anilines is 1. The fraction of sp³-hybridized carbons (Fsp3) is 0.200. The van der Waals surface area contributed by atoms with E-state index in [1.807, 2.05) is 19.1 Å². The molecule has 0 atom stereocenters. The fourth-order valence-electron chi connectivity index (χ4n) is 2.20. The zero-order valence-corrected chi connectivity index (χ0v) is 13.1. The van der Waals surface area contributed by atoms with Gasteiger partial charge in [-0.2, -0.15) is 5.10 Å². The van der Waals surface area contributed by atoms with Gasteiger partial charge in [-0.1, -0.05) is 19.1 Å². The Balaban J connectivity index is 1.98.